The minimum Gasteiger partial charge on any atom is -0.507 e. The SMILES string of the molecule is Cc1cc(CCc2cccnc2)cc(C)c1O. The summed E-state index contributed by atoms with van der Waals surface area (Å²) in [7, 11) is 0. The Balaban J connectivity index is 2.10. The van der Waals surface area contributed by atoms with E-state index in [0.717, 1.165) is 24.0 Å². The molecule has 0 amide bonds. The number of hydrogen-bond donors (Lipinski definition) is 1. The fraction of sp³-hybridized carbons (Fsp3) is 0.267. The minimum absolute atomic E-state index is 0.412. The lowest BCUT2D eigenvalue weighted by Crippen LogP contribution is -1.94. The molecule has 2 aromatic rings. The molecule has 0 spiro atoms. The summed E-state index contributed by atoms with van der Waals surface area (Å²) < 4.78 is 0. The van der Waals surface area contributed by atoms with E-state index >= 15 is 0 Å². The van der Waals surface area contributed by atoms with Gasteiger partial charge in [0.05, 0.1) is 0 Å². The van der Waals surface area contributed by atoms with Crippen molar-refractivity contribution < 1.29 is 5.11 Å². The second-order valence-corrected chi connectivity index (χ2v) is 4.44. The van der Waals surface area contributed by atoms with E-state index in [1.54, 1.807) is 6.20 Å². The lowest BCUT2D eigenvalue weighted by molar-refractivity contribution is 0.466. The molecule has 1 aromatic carbocycles. The summed E-state index contributed by atoms with van der Waals surface area (Å²) in [5, 5.41) is 9.71. The van der Waals surface area contributed by atoms with E-state index in [1.165, 1.54) is 11.1 Å². The van der Waals surface area contributed by atoms with Crippen molar-refractivity contribution in [2.45, 2.75) is 26.7 Å². The van der Waals surface area contributed by atoms with Gasteiger partial charge in [0.2, 0.25) is 0 Å². The maximum Gasteiger partial charge on any atom is 0.121 e. The molecule has 1 N–H and O–H groups in total. The van der Waals surface area contributed by atoms with Gasteiger partial charge in [-0.2, -0.15) is 0 Å². The predicted octanol–water partition coefficient (Wildman–Crippen LogP) is 3.19. The molecule has 2 nitrogen and oxygen atoms in total. The van der Waals surface area contributed by atoms with Crippen LogP contribution in [-0.4, -0.2) is 10.1 Å². The van der Waals surface area contributed by atoms with Crippen LogP contribution in [0.25, 0.3) is 0 Å². The van der Waals surface area contributed by atoms with Crippen LogP contribution in [0.5, 0.6) is 5.75 Å². The van der Waals surface area contributed by atoms with Crippen LogP contribution >= 0.6 is 0 Å². The first kappa shape index (κ1) is 11.6. The van der Waals surface area contributed by atoms with Gasteiger partial charge >= 0.3 is 0 Å². The van der Waals surface area contributed by atoms with E-state index in [2.05, 4.69) is 23.2 Å². The van der Waals surface area contributed by atoms with E-state index in [9.17, 15) is 5.11 Å². The molecular weight excluding hydrogens is 210 g/mol. The molecule has 88 valence electrons. The molecule has 0 atom stereocenters. The number of rotatable bonds is 3. The molecule has 0 unspecified atom stereocenters. The highest BCUT2D eigenvalue weighted by atomic mass is 16.3. The van der Waals surface area contributed by atoms with Gasteiger partial charge in [-0.05, 0) is 55.0 Å². The highest BCUT2D eigenvalue weighted by Crippen LogP contribution is 2.23. The molecule has 0 saturated heterocycles. The smallest absolute Gasteiger partial charge is 0.121 e. The largest absolute Gasteiger partial charge is 0.507 e. The number of hydrogen-bond acceptors (Lipinski definition) is 2. The van der Waals surface area contributed by atoms with Crippen LogP contribution in [0.2, 0.25) is 0 Å². The van der Waals surface area contributed by atoms with Gasteiger partial charge in [0, 0.05) is 12.4 Å². The van der Waals surface area contributed by atoms with Crippen molar-refractivity contribution in [2.75, 3.05) is 0 Å². The third-order valence-electron chi connectivity index (χ3n) is 2.98. The zero-order valence-corrected chi connectivity index (χ0v) is 10.3. The summed E-state index contributed by atoms with van der Waals surface area (Å²) >= 11 is 0. The number of nitrogens with zero attached hydrogens (tertiary/aromatic N) is 1. The third-order valence-corrected chi connectivity index (χ3v) is 2.98. The van der Waals surface area contributed by atoms with Crippen molar-refractivity contribution in [1.29, 1.82) is 0 Å². The summed E-state index contributed by atoms with van der Waals surface area (Å²) in [5.41, 5.74) is 4.41. The van der Waals surface area contributed by atoms with Gasteiger partial charge in [-0.25, -0.2) is 0 Å². The molecule has 1 aromatic heterocycles. The van der Waals surface area contributed by atoms with Crippen molar-refractivity contribution in [3.05, 3.63) is 58.9 Å². The van der Waals surface area contributed by atoms with E-state index in [4.69, 9.17) is 0 Å². The molecule has 0 bridgehead atoms. The number of phenolic OH excluding ortho intramolecular Hbond substituents is 1. The third kappa shape index (κ3) is 2.84. The van der Waals surface area contributed by atoms with Crippen LogP contribution in [0.15, 0.2) is 36.7 Å². The predicted molar refractivity (Wildman–Crippen MR) is 69.2 cm³/mol. The Kier molecular flexibility index (Phi) is 3.43. The molecule has 1 heterocycles. The van der Waals surface area contributed by atoms with Crippen molar-refractivity contribution in [3.63, 3.8) is 0 Å². The Morgan fingerprint density at radius 2 is 1.71 bits per heavy atom. The van der Waals surface area contributed by atoms with Crippen molar-refractivity contribution in [3.8, 4) is 5.75 Å². The lowest BCUT2D eigenvalue weighted by Gasteiger charge is -2.07. The van der Waals surface area contributed by atoms with Crippen LogP contribution in [0.1, 0.15) is 22.3 Å². The normalized spacial score (nSPS) is 10.5. The molecule has 0 aliphatic rings. The highest BCUT2D eigenvalue weighted by molar-refractivity contribution is 5.42. The molecule has 0 radical (unpaired) electrons. The van der Waals surface area contributed by atoms with E-state index in [0.29, 0.717) is 5.75 Å². The molecule has 17 heavy (non-hydrogen) atoms. The van der Waals surface area contributed by atoms with Gasteiger partial charge in [0.25, 0.3) is 0 Å². The first-order chi connectivity index (χ1) is 8.16. The molecule has 0 aliphatic heterocycles. The molecule has 0 fully saturated rings. The Morgan fingerprint density at radius 1 is 1.06 bits per heavy atom. The van der Waals surface area contributed by atoms with Gasteiger partial charge in [0.1, 0.15) is 5.75 Å². The van der Waals surface area contributed by atoms with Gasteiger partial charge in [0.15, 0.2) is 0 Å². The second kappa shape index (κ2) is 5.00. The van der Waals surface area contributed by atoms with Gasteiger partial charge < -0.3 is 5.11 Å². The first-order valence-corrected chi connectivity index (χ1v) is 5.85. The number of aromatic hydroxyl groups is 1. The fourth-order valence-corrected chi connectivity index (χ4v) is 2.02. The zero-order valence-electron chi connectivity index (χ0n) is 10.3. The molecule has 0 aliphatic carbocycles. The summed E-state index contributed by atoms with van der Waals surface area (Å²) in [4.78, 5) is 4.11. The van der Waals surface area contributed by atoms with Crippen molar-refractivity contribution >= 4 is 0 Å². The minimum atomic E-state index is 0.412. The van der Waals surface area contributed by atoms with Gasteiger partial charge in [-0.15, -0.1) is 0 Å². The molecular formula is C15H17NO. The standard InChI is InChI=1S/C15H17NO/c1-11-8-14(9-12(2)15(11)17)6-5-13-4-3-7-16-10-13/h3-4,7-10,17H,5-6H2,1-2H3. The highest BCUT2D eigenvalue weighted by Gasteiger charge is 2.03. The number of aryl methyl sites for hydroxylation is 4. The maximum atomic E-state index is 9.71. The Labute approximate surface area is 102 Å². The Morgan fingerprint density at radius 3 is 2.29 bits per heavy atom. The van der Waals surface area contributed by atoms with Crippen molar-refractivity contribution in [2.24, 2.45) is 0 Å². The average Bonchev–Trinajstić information content (AvgIpc) is 2.34. The van der Waals surface area contributed by atoms with E-state index in [1.807, 2.05) is 26.1 Å². The van der Waals surface area contributed by atoms with Gasteiger partial charge in [-0.3, -0.25) is 4.98 Å². The summed E-state index contributed by atoms with van der Waals surface area (Å²) in [6.45, 7) is 3.88. The van der Waals surface area contributed by atoms with Crippen LogP contribution in [0.4, 0.5) is 0 Å². The maximum absolute atomic E-state index is 9.71. The summed E-state index contributed by atoms with van der Waals surface area (Å²) in [5.74, 6) is 0.412. The number of pyridine rings is 1. The first-order valence-electron chi connectivity index (χ1n) is 5.85. The summed E-state index contributed by atoms with van der Waals surface area (Å²) in [6.07, 6.45) is 5.66. The summed E-state index contributed by atoms with van der Waals surface area (Å²) in [6, 6.07) is 8.16. The van der Waals surface area contributed by atoms with Crippen LogP contribution < -0.4 is 0 Å². The lowest BCUT2D eigenvalue weighted by atomic mass is 10.0. The Hall–Kier alpha value is -1.83. The van der Waals surface area contributed by atoms with E-state index < -0.39 is 0 Å². The Bertz CT molecular complexity index is 483. The van der Waals surface area contributed by atoms with Crippen LogP contribution in [0.3, 0.4) is 0 Å². The second-order valence-electron chi connectivity index (χ2n) is 4.44. The van der Waals surface area contributed by atoms with Crippen LogP contribution in [-0.2, 0) is 12.8 Å². The quantitative estimate of drug-likeness (QED) is 0.873. The molecule has 0 saturated carbocycles. The zero-order chi connectivity index (χ0) is 12.3. The van der Waals surface area contributed by atoms with Gasteiger partial charge in [-0.1, -0.05) is 18.2 Å². The topological polar surface area (TPSA) is 33.1 Å². The number of aromatic nitrogens is 1. The van der Waals surface area contributed by atoms with Crippen molar-refractivity contribution in [1.82, 2.24) is 4.98 Å². The fourth-order valence-electron chi connectivity index (χ4n) is 2.02. The molecule has 2 rings (SSSR count). The average molecular weight is 227 g/mol. The number of benzene rings is 1. The van der Waals surface area contributed by atoms with Crippen LogP contribution in [0, 0.1) is 13.8 Å². The van der Waals surface area contributed by atoms with E-state index in [-0.39, 0.29) is 0 Å². The molecule has 2 heteroatoms. The monoisotopic (exact) mass is 227 g/mol. The number of phenols is 1.